The van der Waals surface area contributed by atoms with Gasteiger partial charge in [-0.25, -0.2) is 4.98 Å². The minimum atomic E-state index is 0.530. The van der Waals surface area contributed by atoms with Gasteiger partial charge >= 0.3 is 0 Å². The van der Waals surface area contributed by atoms with Crippen LogP contribution >= 0.6 is 0 Å². The summed E-state index contributed by atoms with van der Waals surface area (Å²) >= 11 is 0. The van der Waals surface area contributed by atoms with Gasteiger partial charge in [-0.1, -0.05) is 36.4 Å². The molecule has 0 atom stereocenters. The van der Waals surface area contributed by atoms with Gasteiger partial charge in [0.2, 0.25) is 0 Å². The van der Waals surface area contributed by atoms with E-state index in [4.69, 9.17) is 9.47 Å². The van der Waals surface area contributed by atoms with Crippen molar-refractivity contribution in [1.29, 1.82) is 0 Å². The lowest BCUT2D eigenvalue weighted by atomic mass is 10.1. The molecule has 0 spiro atoms. The zero-order chi connectivity index (χ0) is 17.8. The van der Waals surface area contributed by atoms with Crippen LogP contribution in [-0.4, -0.2) is 28.5 Å². The highest BCUT2D eigenvalue weighted by atomic mass is 16.5. The molecule has 1 N–H and O–H groups in total. The van der Waals surface area contributed by atoms with Crippen LogP contribution in [0, 0.1) is 0 Å². The summed E-state index contributed by atoms with van der Waals surface area (Å²) in [6.45, 7) is 3.33. The normalized spacial score (nSPS) is 14.0. The molecule has 0 radical (unpaired) electrons. The quantitative estimate of drug-likeness (QED) is 0.739. The maximum absolute atomic E-state index is 6.03. The molecule has 5 heteroatoms. The zero-order valence-corrected chi connectivity index (χ0v) is 14.9. The molecule has 0 saturated carbocycles. The maximum atomic E-state index is 6.03. The highest BCUT2D eigenvalue weighted by molar-refractivity contribution is 5.43. The minimum Gasteiger partial charge on any atom is -0.493 e. The summed E-state index contributed by atoms with van der Waals surface area (Å²) < 4.78 is 11.5. The van der Waals surface area contributed by atoms with Crippen LogP contribution in [0.25, 0.3) is 0 Å². The molecule has 5 nitrogen and oxygen atoms in total. The molecule has 26 heavy (non-hydrogen) atoms. The second-order valence-corrected chi connectivity index (χ2v) is 6.55. The van der Waals surface area contributed by atoms with Crippen molar-refractivity contribution in [1.82, 2.24) is 14.9 Å². The standard InChI is InChI=1S/C21H23N3O2/c1-25-20-8-7-17(11-21(20)26-14-16-5-3-2-4-6-16)12-24-10-9-18-19(13-24)23-15-22-18/h2-8,11,15H,9-10,12-14H2,1H3,(H,22,23). The van der Waals surface area contributed by atoms with Crippen LogP contribution in [0.15, 0.2) is 54.9 Å². The van der Waals surface area contributed by atoms with E-state index < -0.39 is 0 Å². The Kier molecular flexibility index (Phi) is 4.88. The van der Waals surface area contributed by atoms with E-state index in [1.54, 1.807) is 13.4 Å². The number of ether oxygens (including phenoxy) is 2. The Bertz CT molecular complexity index is 861. The number of rotatable bonds is 6. The molecule has 0 unspecified atom stereocenters. The first-order valence-corrected chi connectivity index (χ1v) is 8.89. The fraction of sp³-hybridized carbons (Fsp3) is 0.286. The lowest BCUT2D eigenvalue weighted by Gasteiger charge is -2.26. The number of nitrogens with one attached hydrogen (secondary N) is 1. The van der Waals surface area contributed by atoms with Gasteiger partial charge in [-0.15, -0.1) is 0 Å². The molecular weight excluding hydrogens is 326 g/mol. The molecule has 0 fully saturated rings. The molecule has 2 heterocycles. The molecule has 1 aliphatic heterocycles. The third-order valence-electron chi connectivity index (χ3n) is 4.73. The zero-order valence-electron chi connectivity index (χ0n) is 14.9. The van der Waals surface area contributed by atoms with Crippen LogP contribution in [0.3, 0.4) is 0 Å². The number of hydrogen-bond donors (Lipinski definition) is 1. The van der Waals surface area contributed by atoms with Crippen molar-refractivity contribution in [2.75, 3.05) is 13.7 Å². The average Bonchev–Trinajstić information content (AvgIpc) is 3.15. The van der Waals surface area contributed by atoms with Crippen molar-refractivity contribution in [3.8, 4) is 11.5 Å². The fourth-order valence-corrected chi connectivity index (χ4v) is 3.33. The second-order valence-electron chi connectivity index (χ2n) is 6.55. The van der Waals surface area contributed by atoms with Crippen LogP contribution in [0.1, 0.15) is 22.5 Å². The van der Waals surface area contributed by atoms with Gasteiger partial charge in [0.25, 0.3) is 0 Å². The number of H-pyrrole nitrogens is 1. The Hall–Kier alpha value is -2.79. The molecule has 134 valence electrons. The number of methoxy groups -OCH3 is 1. The smallest absolute Gasteiger partial charge is 0.161 e. The number of aromatic nitrogens is 2. The van der Waals surface area contributed by atoms with Crippen molar-refractivity contribution in [3.63, 3.8) is 0 Å². The third kappa shape index (κ3) is 3.73. The average molecular weight is 349 g/mol. The number of aromatic amines is 1. The highest BCUT2D eigenvalue weighted by Crippen LogP contribution is 2.30. The molecule has 0 aliphatic carbocycles. The van der Waals surface area contributed by atoms with Crippen LogP contribution in [0.5, 0.6) is 11.5 Å². The van der Waals surface area contributed by atoms with Crippen molar-refractivity contribution < 1.29 is 9.47 Å². The van der Waals surface area contributed by atoms with E-state index in [0.717, 1.165) is 43.1 Å². The van der Waals surface area contributed by atoms with Gasteiger partial charge < -0.3 is 14.5 Å². The fourth-order valence-electron chi connectivity index (χ4n) is 3.33. The van der Waals surface area contributed by atoms with Gasteiger partial charge in [-0.05, 0) is 23.3 Å². The lowest BCUT2D eigenvalue weighted by molar-refractivity contribution is 0.240. The van der Waals surface area contributed by atoms with Crippen LogP contribution in [0.2, 0.25) is 0 Å². The van der Waals surface area contributed by atoms with E-state index >= 15 is 0 Å². The number of imidazole rings is 1. The van der Waals surface area contributed by atoms with E-state index in [1.807, 2.05) is 24.3 Å². The Morgan fingerprint density at radius 2 is 1.96 bits per heavy atom. The lowest BCUT2D eigenvalue weighted by Crippen LogP contribution is -2.30. The number of fused-ring (bicyclic) bond motifs is 1. The van der Waals surface area contributed by atoms with E-state index in [9.17, 15) is 0 Å². The van der Waals surface area contributed by atoms with Crippen molar-refractivity contribution in [2.24, 2.45) is 0 Å². The molecule has 1 aliphatic rings. The Morgan fingerprint density at radius 3 is 2.81 bits per heavy atom. The summed E-state index contributed by atoms with van der Waals surface area (Å²) in [5.74, 6) is 1.55. The summed E-state index contributed by atoms with van der Waals surface area (Å²) in [5.41, 5.74) is 4.78. The summed E-state index contributed by atoms with van der Waals surface area (Å²) in [6.07, 6.45) is 2.78. The van der Waals surface area contributed by atoms with Crippen molar-refractivity contribution >= 4 is 0 Å². The number of hydrogen-bond acceptors (Lipinski definition) is 4. The van der Waals surface area contributed by atoms with Gasteiger partial charge in [0, 0.05) is 26.1 Å². The molecule has 4 rings (SSSR count). The Labute approximate surface area is 153 Å². The third-order valence-corrected chi connectivity index (χ3v) is 4.73. The topological polar surface area (TPSA) is 50.4 Å². The molecule has 1 aromatic heterocycles. The van der Waals surface area contributed by atoms with Gasteiger partial charge in [0.1, 0.15) is 6.61 Å². The summed E-state index contributed by atoms with van der Waals surface area (Å²) in [5, 5.41) is 0. The summed E-state index contributed by atoms with van der Waals surface area (Å²) in [4.78, 5) is 10.0. The Morgan fingerprint density at radius 1 is 1.08 bits per heavy atom. The Balaban J connectivity index is 1.45. The number of nitrogens with zero attached hydrogens (tertiary/aromatic N) is 2. The first-order valence-electron chi connectivity index (χ1n) is 8.89. The number of benzene rings is 2. The van der Waals surface area contributed by atoms with Crippen LogP contribution < -0.4 is 9.47 Å². The van der Waals surface area contributed by atoms with Gasteiger partial charge in [0.15, 0.2) is 11.5 Å². The summed E-state index contributed by atoms with van der Waals surface area (Å²) in [7, 11) is 1.68. The van der Waals surface area contributed by atoms with Crippen LogP contribution in [-0.2, 0) is 26.1 Å². The maximum Gasteiger partial charge on any atom is 0.161 e. The predicted molar refractivity (Wildman–Crippen MR) is 100 cm³/mol. The second kappa shape index (κ2) is 7.62. The first-order chi connectivity index (χ1) is 12.8. The molecular formula is C21H23N3O2. The van der Waals surface area contributed by atoms with Crippen molar-refractivity contribution in [3.05, 3.63) is 77.4 Å². The highest BCUT2D eigenvalue weighted by Gasteiger charge is 2.18. The summed E-state index contributed by atoms with van der Waals surface area (Å²) in [6, 6.07) is 16.4. The predicted octanol–water partition coefficient (Wildman–Crippen LogP) is 3.56. The monoisotopic (exact) mass is 349 g/mol. The molecule has 2 aromatic carbocycles. The van der Waals surface area contributed by atoms with Crippen LogP contribution in [0.4, 0.5) is 0 Å². The van der Waals surface area contributed by atoms with Gasteiger partial charge in [-0.2, -0.15) is 0 Å². The molecule has 0 saturated heterocycles. The van der Waals surface area contributed by atoms with E-state index in [0.29, 0.717) is 6.61 Å². The molecule has 0 bridgehead atoms. The van der Waals surface area contributed by atoms with E-state index in [1.165, 1.54) is 17.0 Å². The first kappa shape index (κ1) is 16.7. The van der Waals surface area contributed by atoms with Gasteiger partial charge in [-0.3, -0.25) is 4.90 Å². The molecule has 3 aromatic rings. The van der Waals surface area contributed by atoms with Gasteiger partial charge in [0.05, 0.1) is 24.8 Å². The van der Waals surface area contributed by atoms with Crippen molar-refractivity contribution in [2.45, 2.75) is 26.1 Å². The van der Waals surface area contributed by atoms with E-state index in [-0.39, 0.29) is 0 Å². The minimum absolute atomic E-state index is 0.530. The largest absolute Gasteiger partial charge is 0.493 e. The van der Waals surface area contributed by atoms with E-state index in [2.05, 4.69) is 39.1 Å². The molecule has 0 amide bonds. The SMILES string of the molecule is COc1ccc(CN2CCc3nc[nH]c3C2)cc1OCc1ccccc1.